The van der Waals surface area contributed by atoms with E-state index in [1.165, 1.54) is 6.92 Å². The molecule has 0 aromatic heterocycles. The Morgan fingerprint density at radius 2 is 1.95 bits per heavy atom. The van der Waals surface area contributed by atoms with Gasteiger partial charge in [0.1, 0.15) is 0 Å². The van der Waals surface area contributed by atoms with Crippen LogP contribution >= 0.6 is 0 Å². The van der Waals surface area contributed by atoms with Crippen molar-refractivity contribution in [1.82, 2.24) is 0 Å². The van der Waals surface area contributed by atoms with Crippen molar-refractivity contribution in [3.05, 3.63) is 41.5 Å². The molecule has 0 saturated carbocycles. The third-order valence-corrected chi connectivity index (χ3v) is 1.94. The van der Waals surface area contributed by atoms with E-state index in [2.05, 4.69) is 4.74 Å². The van der Waals surface area contributed by atoms with Gasteiger partial charge in [0.05, 0.1) is 6.61 Å². The van der Waals surface area contributed by atoms with Crippen molar-refractivity contribution in [2.24, 2.45) is 0 Å². The van der Waals surface area contributed by atoms with Gasteiger partial charge >= 0.3 is 24.8 Å². The first-order valence-corrected chi connectivity index (χ1v) is 5.01. The van der Waals surface area contributed by atoms with E-state index in [1.54, 1.807) is 0 Å². The average molecular weight is 262 g/mol. The Hall–Kier alpha value is -1.64. The molecule has 0 spiro atoms. The van der Waals surface area contributed by atoms with Crippen molar-refractivity contribution in [2.75, 3.05) is 6.61 Å². The molecule has 0 amide bonds. The van der Waals surface area contributed by atoms with Crippen LogP contribution in [0.2, 0.25) is 0 Å². The number of benzene rings is 1. The SMILES string of the molecule is CCOC(=O)C(=O)/C=C(/[O-])c1ccc(F)c(F)c1.[Li+]. The van der Waals surface area contributed by atoms with E-state index in [1.807, 2.05) is 0 Å². The number of rotatable bonds is 4. The molecular formula is C12H9F2LiO4. The summed E-state index contributed by atoms with van der Waals surface area (Å²) in [4.78, 5) is 22.1. The molecule has 1 aromatic rings. The van der Waals surface area contributed by atoms with E-state index < -0.39 is 29.1 Å². The molecule has 0 aliphatic heterocycles. The topological polar surface area (TPSA) is 66.4 Å². The van der Waals surface area contributed by atoms with Crippen LogP contribution in [0.3, 0.4) is 0 Å². The Balaban J connectivity index is 0.00000324. The summed E-state index contributed by atoms with van der Waals surface area (Å²) in [6.07, 6.45) is 0.477. The summed E-state index contributed by atoms with van der Waals surface area (Å²) in [5.41, 5.74) is -0.230. The van der Waals surface area contributed by atoms with Crippen molar-refractivity contribution in [2.45, 2.75) is 6.92 Å². The van der Waals surface area contributed by atoms with Crippen LogP contribution < -0.4 is 24.0 Å². The minimum absolute atomic E-state index is 0. The average Bonchev–Trinajstić information content (AvgIpc) is 2.32. The van der Waals surface area contributed by atoms with Crippen molar-refractivity contribution in [3.63, 3.8) is 0 Å². The fraction of sp³-hybridized carbons (Fsp3) is 0.167. The zero-order valence-corrected chi connectivity index (χ0v) is 10.4. The third kappa shape index (κ3) is 4.85. The second-order valence-corrected chi connectivity index (χ2v) is 3.22. The molecule has 0 atom stereocenters. The van der Waals surface area contributed by atoms with Gasteiger partial charge in [-0.1, -0.05) is 11.8 Å². The van der Waals surface area contributed by atoms with Gasteiger partial charge in [-0.15, -0.1) is 0 Å². The normalized spacial score (nSPS) is 10.6. The zero-order valence-electron chi connectivity index (χ0n) is 10.4. The quantitative estimate of drug-likeness (QED) is 0.203. The van der Waals surface area contributed by atoms with Crippen LogP contribution in [-0.2, 0) is 14.3 Å². The van der Waals surface area contributed by atoms with Crippen LogP contribution in [0.1, 0.15) is 12.5 Å². The fourth-order valence-electron chi connectivity index (χ4n) is 1.11. The van der Waals surface area contributed by atoms with E-state index in [9.17, 15) is 23.5 Å². The van der Waals surface area contributed by atoms with Crippen LogP contribution in [0.5, 0.6) is 0 Å². The van der Waals surface area contributed by atoms with E-state index in [4.69, 9.17) is 0 Å². The number of carbonyl (C=O) groups is 2. The maximum Gasteiger partial charge on any atom is 1.00 e. The third-order valence-electron chi connectivity index (χ3n) is 1.94. The van der Waals surface area contributed by atoms with Gasteiger partial charge in [-0.2, -0.15) is 0 Å². The van der Waals surface area contributed by atoms with Crippen molar-refractivity contribution in [1.29, 1.82) is 0 Å². The Labute approximate surface area is 120 Å². The molecule has 19 heavy (non-hydrogen) atoms. The van der Waals surface area contributed by atoms with E-state index >= 15 is 0 Å². The summed E-state index contributed by atoms with van der Waals surface area (Å²) in [5.74, 6) is -5.53. The maximum atomic E-state index is 12.8. The summed E-state index contributed by atoms with van der Waals surface area (Å²) in [6.45, 7) is 1.50. The second-order valence-electron chi connectivity index (χ2n) is 3.22. The molecular weight excluding hydrogens is 253 g/mol. The van der Waals surface area contributed by atoms with Crippen LogP contribution in [0, 0.1) is 11.6 Å². The molecule has 0 radical (unpaired) electrons. The summed E-state index contributed by atoms with van der Waals surface area (Å²) >= 11 is 0. The van der Waals surface area contributed by atoms with E-state index in [-0.39, 0.29) is 31.0 Å². The monoisotopic (exact) mass is 262 g/mol. The summed E-state index contributed by atoms with van der Waals surface area (Å²) in [5, 5.41) is 11.5. The molecule has 96 valence electrons. The molecule has 7 heteroatoms. The first kappa shape index (κ1) is 17.4. The molecule has 4 nitrogen and oxygen atoms in total. The van der Waals surface area contributed by atoms with Gasteiger partial charge < -0.3 is 9.84 Å². The van der Waals surface area contributed by atoms with Crippen molar-refractivity contribution < 1.29 is 47.1 Å². The first-order chi connectivity index (χ1) is 8.45. The number of ether oxygens (including phenoxy) is 1. The number of esters is 1. The van der Waals surface area contributed by atoms with Crippen LogP contribution in [0.15, 0.2) is 24.3 Å². The molecule has 0 unspecified atom stereocenters. The molecule has 0 saturated heterocycles. The van der Waals surface area contributed by atoms with Gasteiger partial charge in [0.15, 0.2) is 11.6 Å². The van der Waals surface area contributed by atoms with Gasteiger partial charge in [-0.05, 0) is 30.7 Å². The van der Waals surface area contributed by atoms with Gasteiger partial charge in [-0.3, -0.25) is 4.79 Å². The predicted molar refractivity (Wildman–Crippen MR) is 56.0 cm³/mol. The largest absolute Gasteiger partial charge is 1.00 e. The Kier molecular flexibility index (Phi) is 7.05. The van der Waals surface area contributed by atoms with Gasteiger partial charge in [-0.25, -0.2) is 13.6 Å². The number of carbonyl (C=O) groups excluding carboxylic acids is 2. The van der Waals surface area contributed by atoms with E-state index in [0.717, 1.165) is 12.1 Å². The summed E-state index contributed by atoms with van der Waals surface area (Å²) < 4.78 is 29.8. The first-order valence-electron chi connectivity index (χ1n) is 5.01. The maximum absolute atomic E-state index is 12.8. The number of hydrogen-bond donors (Lipinski definition) is 0. The van der Waals surface area contributed by atoms with Crippen LogP contribution in [0.4, 0.5) is 8.78 Å². The summed E-state index contributed by atoms with van der Waals surface area (Å²) in [7, 11) is 0. The second kappa shape index (κ2) is 7.72. The zero-order chi connectivity index (χ0) is 13.7. The van der Waals surface area contributed by atoms with E-state index in [0.29, 0.717) is 12.1 Å². The predicted octanol–water partition coefficient (Wildman–Crippen LogP) is -2.20. The van der Waals surface area contributed by atoms with Crippen molar-refractivity contribution in [3.8, 4) is 0 Å². The molecule has 0 fully saturated rings. The minimum Gasteiger partial charge on any atom is -0.872 e. The molecule has 0 heterocycles. The number of hydrogen-bond acceptors (Lipinski definition) is 4. The van der Waals surface area contributed by atoms with Gasteiger partial charge in [0.2, 0.25) is 0 Å². The van der Waals surface area contributed by atoms with Crippen LogP contribution in [-0.4, -0.2) is 18.4 Å². The van der Waals surface area contributed by atoms with Gasteiger partial charge in [0, 0.05) is 0 Å². The van der Waals surface area contributed by atoms with Gasteiger partial charge in [0.25, 0.3) is 5.78 Å². The molecule has 0 N–H and O–H groups in total. The Bertz CT molecular complexity index is 514. The standard InChI is InChI=1S/C12H10F2O4.Li/c1-2-18-12(17)11(16)6-10(15)7-3-4-8(13)9(14)5-7;/h3-6,15H,2H2,1H3;/q;+1/p-1/b10-6+;. The number of halogens is 2. The molecule has 1 rings (SSSR count). The Morgan fingerprint density at radius 3 is 2.47 bits per heavy atom. The molecule has 0 bridgehead atoms. The minimum atomic E-state index is -1.21. The number of ketones is 1. The fourth-order valence-corrected chi connectivity index (χ4v) is 1.11. The molecule has 0 aliphatic rings. The van der Waals surface area contributed by atoms with Crippen LogP contribution in [0.25, 0.3) is 5.76 Å². The smallest absolute Gasteiger partial charge is 0.872 e. The Morgan fingerprint density at radius 1 is 1.32 bits per heavy atom. The van der Waals surface area contributed by atoms with Crippen molar-refractivity contribution >= 4 is 17.5 Å². The molecule has 1 aromatic carbocycles. The molecule has 0 aliphatic carbocycles. The summed E-state index contributed by atoms with van der Waals surface area (Å²) in [6, 6.07) is 2.41.